The number of carbonyl (C=O) groups is 1. The first-order valence-corrected chi connectivity index (χ1v) is 7.50. The molecule has 0 unspecified atom stereocenters. The summed E-state index contributed by atoms with van der Waals surface area (Å²) >= 11 is 0. The summed E-state index contributed by atoms with van der Waals surface area (Å²) in [7, 11) is 0. The number of carbonyl (C=O) groups excluding carboxylic acids is 1. The number of nitrogens with two attached hydrogens (primary N) is 1. The van der Waals surface area contributed by atoms with E-state index in [4.69, 9.17) is 10.5 Å². The Kier molecular flexibility index (Phi) is 4.51. The van der Waals surface area contributed by atoms with Crippen molar-refractivity contribution in [1.82, 2.24) is 4.90 Å². The molecule has 3 rings (SSSR count). The van der Waals surface area contributed by atoms with Crippen molar-refractivity contribution in [2.24, 2.45) is 5.73 Å². The van der Waals surface area contributed by atoms with E-state index in [1.807, 2.05) is 18.2 Å². The van der Waals surface area contributed by atoms with Crippen LogP contribution in [0.2, 0.25) is 0 Å². The molecule has 1 saturated heterocycles. The van der Waals surface area contributed by atoms with Crippen molar-refractivity contribution in [3.63, 3.8) is 0 Å². The minimum absolute atomic E-state index is 0.386. The molecule has 4 nitrogen and oxygen atoms in total. The number of benzene rings is 2. The van der Waals surface area contributed by atoms with Crippen LogP contribution in [0, 0.1) is 0 Å². The Labute approximate surface area is 130 Å². The third-order valence-corrected chi connectivity index (χ3v) is 3.91. The fourth-order valence-electron chi connectivity index (χ4n) is 2.76. The SMILES string of the molecule is NC(=O)[C@@H]1CN(Cc2cccc(-c3ccccc3)c2)CCO1. The molecule has 0 spiro atoms. The zero-order chi connectivity index (χ0) is 15.4. The number of primary amides is 1. The Balaban J connectivity index is 1.72. The van der Waals surface area contributed by atoms with Gasteiger partial charge in [0.2, 0.25) is 5.91 Å². The molecule has 22 heavy (non-hydrogen) atoms. The average Bonchev–Trinajstić information content (AvgIpc) is 2.56. The van der Waals surface area contributed by atoms with Gasteiger partial charge in [-0.2, -0.15) is 0 Å². The molecule has 0 saturated carbocycles. The lowest BCUT2D eigenvalue weighted by molar-refractivity contribution is -0.135. The Hall–Kier alpha value is -2.17. The minimum atomic E-state index is -0.494. The van der Waals surface area contributed by atoms with Crippen molar-refractivity contribution < 1.29 is 9.53 Å². The Morgan fingerprint density at radius 2 is 1.91 bits per heavy atom. The van der Waals surface area contributed by atoms with Gasteiger partial charge < -0.3 is 10.5 Å². The predicted molar refractivity (Wildman–Crippen MR) is 86.1 cm³/mol. The topological polar surface area (TPSA) is 55.6 Å². The molecule has 2 aromatic rings. The molecule has 4 heteroatoms. The highest BCUT2D eigenvalue weighted by atomic mass is 16.5. The highest BCUT2D eigenvalue weighted by Gasteiger charge is 2.24. The Bertz CT molecular complexity index is 643. The third-order valence-electron chi connectivity index (χ3n) is 3.91. The van der Waals surface area contributed by atoms with E-state index >= 15 is 0 Å². The van der Waals surface area contributed by atoms with E-state index in [0.29, 0.717) is 13.2 Å². The van der Waals surface area contributed by atoms with Gasteiger partial charge in [0.1, 0.15) is 6.10 Å². The van der Waals surface area contributed by atoms with Gasteiger partial charge in [0.05, 0.1) is 6.61 Å². The molecule has 1 fully saturated rings. The molecule has 1 aliphatic heterocycles. The van der Waals surface area contributed by atoms with Crippen molar-refractivity contribution in [2.75, 3.05) is 19.7 Å². The quantitative estimate of drug-likeness (QED) is 0.939. The third kappa shape index (κ3) is 3.53. The second-order valence-electron chi connectivity index (χ2n) is 5.56. The zero-order valence-corrected chi connectivity index (χ0v) is 12.4. The van der Waals surface area contributed by atoms with Gasteiger partial charge in [-0.1, -0.05) is 48.5 Å². The van der Waals surface area contributed by atoms with Crippen LogP contribution in [0.3, 0.4) is 0 Å². The van der Waals surface area contributed by atoms with E-state index in [1.54, 1.807) is 0 Å². The van der Waals surface area contributed by atoms with Crippen molar-refractivity contribution >= 4 is 5.91 Å². The van der Waals surface area contributed by atoms with Crippen molar-refractivity contribution in [3.8, 4) is 11.1 Å². The van der Waals surface area contributed by atoms with Crippen LogP contribution < -0.4 is 5.73 Å². The lowest BCUT2D eigenvalue weighted by Crippen LogP contribution is -2.47. The number of hydrogen-bond donors (Lipinski definition) is 1. The number of ether oxygens (including phenoxy) is 1. The number of morpholine rings is 1. The van der Waals surface area contributed by atoms with Crippen LogP contribution in [-0.4, -0.2) is 36.6 Å². The van der Waals surface area contributed by atoms with Crippen molar-refractivity contribution in [2.45, 2.75) is 12.6 Å². The molecule has 1 amide bonds. The fraction of sp³-hybridized carbons (Fsp3) is 0.278. The summed E-state index contributed by atoms with van der Waals surface area (Å²) in [5.74, 6) is -0.386. The number of hydrogen-bond acceptors (Lipinski definition) is 3. The second-order valence-corrected chi connectivity index (χ2v) is 5.56. The summed E-state index contributed by atoms with van der Waals surface area (Å²) in [6.07, 6.45) is -0.494. The molecule has 0 aliphatic carbocycles. The van der Waals surface area contributed by atoms with E-state index in [0.717, 1.165) is 13.1 Å². The van der Waals surface area contributed by atoms with Gasteiger partial charge in [-0.05, 0) is 22.8 Å². The van der Waals surface area contributed by atoms with E-state index in [-0.39, 0.29) is 5.91 Å². The van der Waals surface area contributed by atoms with Gasteiger partial charge in [0, 0.05) is 19.6 Å². The molecular formula is C18H20N2O2. The van der Waals surface area contributed by atoms with Crippen LogP contribution in [-0.2, 0) is 16.1 Å². The van der Waals surface area contributed by atoms with Crippen molar-refractivity contribution in [3.05, 3.63) is 60.2 Å². The van der Waals surface area contributed by atoms with Crippen LogP contribution in [0.25, 0.3) is 11.1 Å². The lowest BCUT2D eigenvalue weighted by atomic mass is 10.0. The van der Waals surface area contributed by atoms with Gasteiger partial charge >= 0.3 is 0 Å². The van der Waals surface area contributed by atoms with Crippen LogP contribution in [0.1, 0.15) is 5.56 Å². The summed E-state index contributed by atoms with van der Waals surface area (Å²) < 4.78 is 5.38. The summed E-state index contributed by atoms with van der Waals surface area (Å²) in [4.78, 5) is 13.5. The van der Waals surface area contributed by atoms with Gasteiger partial charge in [0.25, 0.3) is 0 Å². The summed E-state index contributed by atoms with van der Waals surface area (Å²) in [6.45, 7) is 2.73. The molecule has 0 radical (unpaired) electrons. The molecular weight excluding hydrogens is 276 g/mol. The lowest BCUT2D eigenvalue weighted by Gasteiger charge is -2.31. The average molecular weight is 296 g/mol. The zero-order valence-electron chi connectivity index (χ0n) is 12.4. The normalized spacial score (nSPS) is 19.0. The second kappa shape index (κ2) is 6.73. The maximum atomic E-state index is 11.3. The molecule has 114 valence electrons. The minimum Gasteiger partial charge on any atom is -0.367 e. The Morgan fingerprint density at radius 1 is 1.14 bits per heavy atom. The van der Waals surface area contributed by atoms with Crippen LogP contribution in [0.15, 0.2) is 54.6 Å². The fourth-order valence-corrected chi connectivity index (χ4v) is 2.76. The highest BCUT2D eigenvalue weighted by Crippen LogP contribution is 2.21. The predicted octanol–water partition coefficient (Wildman–Crippen LogP) is 2.04. The number of rotatable bonds is 4. The summed E-state index contributed by atoms with van der Waals surface area (Å²) in [6, 6.07) is 18.8. The summed E-state index contributed by atoms with van der Waals surface area (Å²) in [5.41, 5.74) is 8.98. The van der Waals surface area contributed by atoms with E-state index in [9.17, 15) is 4.79 Å². The monoisotopic (exact) mass is 296 g/mol. The van der Waals surface area contributed by atoms with Gasteiger partial charge in [0.15, 0.2) is 0 Å². The van der Waals surface area contributed by atoms with Crippen LogP contribution in [0.4, 0.5) is 0 Å². The smallest absolute Gasteiger partial charge is 0.247 e. The summed E-state index contributed by atoms with van der Waals surface area (Å²) in [5, 5.41) is 0. The van der Waals surface area contributed by atoms with Crippen LogP contribution >= 0.6 is 0 Å². The number of nitrogens with zero attached hydrogens (tertiary/aromatic N) is 1. The largest absolute Gasteiger partial charge is 0.367 e. The maximum Gasteiger partial charge on any atom is 0.247 e. The Morgan fingerprint density at radius 3 is 2.68 bits per heavy atom. The highest BCUT2D eigenvalue weighted by molar-refractivity contribution is 5.79. The van der Waals surface area contributed by atoms with Gasteiger partial charge in [-0.25, -0.2) is 0 Å². The molecule has 0 bridgehead atoms. The first-order chi connectivity index (χ1) is 10.7. The van der Waals surface area contributed by atoms with E-state index < -0.39 is 6.10 Å². The van der Waals surface area contributed by atoms with Gasteiger partial charge in [-0.15, -0.1) is 0 Å². The van der Waals surface area contributed by atoms with Crippen LogP contribution in [0.5, 0.6) is 0 Å². The van der Waals surface area contributed by atoms with Crippen molar-refractivity contribution in [1.29, 1.82) is 0 Å². The first-order valence-electron chi connectivity index (χ1n) is 7.50. The van der Waals surface area contributed by atoms with E-state index in [2.05, 4.69) is 41.3 Å². The molecule has 1 heterocycles. The first kappa shape index (κ1) is 14.8. The maximum absolute atomic E-state index is 11.3. The standard InChI is InChI=1S/C18H20N2O2/c19-18(21)17-13-20(9-10-22-17)12-14-5-4-8-16(11-14)15-6-2-1-3-7-15/h1-8,11,17H,9-10,12-13H2,(H2,19,21)/t17-/m0/s1. The molecule has 1 atom stereocenters. The number of amides is 1. The van der Waals surface area contributed by atoms with Gasteiger partial charge in [-0.3, -0.25) is 9.69 Å². The molecule has 2 aromatic carbocycles. The molecule has 0 aromatic heterocycles. The molecule has 2 N–H and O–H groups in total. The van der Waals surface area contributed by atoms with E-state index in [1.165, 1.54) is 16.7 Å². The molecule has 1 aliphatic rings.